The van der Waals surface area contributed by atoms with Gasteiger partial charge in [-0.15, -0.1) is 0 Å². The molecule has 0 aromatic heterocycles. The molecule has 2 N–H and O–H groups in total. The van der Waals surface area contributed by atoms with Gasteiger partial charge in [-0.05, 0) is 18.9 Å². The van der Waals surface area contributed by atoms with Gasteiger partial charge in [0.1, 0.15) is 5.82 Å². The first-order valence-electron chi connectivity index (χ1n) is 9.97. The fourth-order valence-electron chi connectivity index (χ4n) is 3.55. The second-order valence-electron chi connectivity index (χ2n) is 7.21. The van der Waals surface area contributed by atoms with Crippen molar-refractivity contribution in [2.75, 3.05) is 13.7 Å². The molecule has 1 aromatic carbocycles. The lowest BCUT2D eigenvalue weighted by molar-refractivity contribution is -0.384. The zero-order valence-electron chi connectivity index (χ0n) is 17.8. The quantitative estimate of drug-likeness (QED) is 0.280. The zero-order chi connectivity index (χ0) is 23.6. The summed E-state index contributed by atoms with van der Waals surface area (Å²) in [5, 5.41) is 10.8. The summed E-state index contributed by atoms with van der Waals surface area (Å²) >= 11 is 1.14. The maximum atomic E-state index is 13.1. The predicted octanol–water partition coefficient (Wildman–Crippen LogP) is 2.55. The highest BCUT2D eigenvalue weighted by atomic mass is 32.2. The summed E-state index contributed by atoms with van der Waals surface area (Å²) in [6.07, 6.45) is 1.42. The van der Waals surface area contributed by atoms with Crippen molar-refractivity contribution in [3.8, 4) is 0 Å². The number of unbranched alkanes of at least 4 members (excludes halogenated alkanes) is 1. The van der Waals surface area contributed by atoms with Crippen LogP contribution in [-0.4, -0.2) is 46.6 Å². The fourth-order valence-corrected chi connectivity index (χ4v) is 4.71. The number of non-ortho nitro benzene ring substituents is 1. The first-order chi connectivity index (χ1) is 15.2. The number of rotatable bonds is 7. The number of ether oxygens (including phenoxy) is 2. The number of nitro groups is 1. The number of esters is 2. The minimum Gasteiger partial charge on any atom is -0.466 e. The maximum Gasteiger partial charge on any atom is 0.338 e. The van der Waals surface area contributed by atoms with Crippen LogP contribution in [0, 0.1) is 10.1 Å². The van der Waals surface area contributed by atoms with Crippen LogP contribution in [0.1, 0.15) is 38.2 Å². The minimum atomic E-state index is -1.02. The molecular weight excluding hydrogens is 438 g/mol. The Hall–Kier alpha value is -3.34. The van der Waals surface area contributed by atoms with Gasteiger partial charge in [0, 0.05) is 12.1 Å². The Labute approximate surface area is 188 Å². The molecule has 2 heterocycles. The molecule has 0 spiro atoms. The Balaban J connectivity index is 2.21. The lowest BCUT2D eigenvalue weighted by atomic mass is 9.82. The second kappa shape index (κ2) is 9.43. The SMILES string of the molecule is CCCCOC(=O)C1=C(N)N2C(=O)[C@H](C)SC2=C(C(=O)OC)[C@@H]1c1ccc([N+](=O)[O-])cc1. The number of nitrogens with zero attached hydrogens (tertiary/aromatic N) is 2. The number of thioether (sulfide) groups is 1. The molecule has 2 atom stereocenters. The van der Waals surface area contributed by atoms with Crippen molar-refractivity contribution in [1.29, 1.82) is 0 Å². The molecule has 11 heteroatoms. The summed E-state index contributed by atoms with van der Waals surface area (Å²) < 4.78 is 10.3. The number of hydrogen-bond donors (Lipinski definition) is 1. The third-order valence-electron chi connectivity index (χ3n) is 5.18. The average molecular weight is 461 g/mol. The average Bonchev–Trinajstić information content (AvgIpc) is 3.07. The van der Waals surface area contributed by atoms with E-state index in [-0.39, 0.29) is 40.2 Å². The van der Waals surface area contributed by atoms with E-state index in [0.717, 1.165) is 23.1 Å². The van der Waals surface area contributed by atoms with E-state index in [1.807, 2.05) is 6.92 Å². The molecule has 0 radical (unpaired) electrons. The molecule has 0 bridgehead atoms. The van der Waals surface area contributed by atoms with Crippen LogP contribution in [0.4, 0.5) is 5.69 Å². The molecule has 0 saturated carbocycles. The van der Waals surface area contributed by atoms with Crippen LogP contribution in [-0.2, 0) is 23.9 Å². The molecule has 170 valence electrons. The Kier molecular flexibility index (Phi) is 6.87. The first kappa shape index (κ1) is 23.3. The standard InChI is InChI=1S/C21H23N3O7S/c1-4-5-10-31-21(27)15-14(12-6-8-13(9-7-12)24(28)29)16(20(26)30-3)19-23(17(15)22)18(25)11(2)32-19/h6-9,11,14H,4-5,10,22H2,1-3H3/t11-,14+/m0/s1. The van der Waals surface area contributed by atoms with Crippen molar-refractivity contribution < 1.29 is 28.8 Å². The van der Waals surface area contributed by atoms with E-state index in [4.69, 9.17) is 15.2 Å². The van der Waals surface area contributed by atoms with Crippen LogP contribution in [0.2, 0.25) is 0 Å². The van der Waals surface area contributed by atoms with Crippen molar-refractivity contribution in [2.45, 2.75) is 37.9 Å². The number of methoxy groups -OCH3 is 1. The molecule has 1 aromatic rings. The molecule has 10 nitrogen and oxygen atoms in total. The lowest BCUT2D eigenvalue weighted by Gasteiger charge is -2.33. The predicted molar refractivity (Wildman–Crippen MR) is 116 cm³/mol. The van der Waals surface area contributed by atoms with Gasteiger partial charge in [0.25, 0.3) is 5.69 Å². The molecule has 1 fully saturated rings. The number of fused-ring (bicyclic) bond motifs is 1. The van der Waals surface area contributed by atoms with Gasteiger partial charge in [-0.2, -0.15) is 0 Å². The molecule has 0 unspecified atom stereocenters. The second-order valence-corrected chi connectivity index (χ2v) is 8.54. The largest absolute Gasteiger partial charge is 0.466 e. The number of amides is 1. The highest BCUT2D eigenvalue weighted by Gasteiger charge is 2.49. The normalized spacial score (nSPS) is 20.3. The Bertz CT molecular complexity index is 1030. The highest BCUT2D eigenvalue weighted by molar-refractivity contribution is 8.04. The van der Waals surface area contributed by atoms with E-state index in [2.05, 4.69) is 0 Å². The lowest BCUT2D eigenvalue weighted by Crippen LogP contribution is -2.40. The Morgan fingerprint density at radius 3 is 2.44 bits per heavy atom. The molecule has 32 heavy (non-hydrogen) atoms. The zero-order valence-corrected chi connectivity index (χ0v) is 18.6. The third-order valence-corrected chi connectivity index (χ3v) is 6.36. The van der Waals surface area contributed by atoms with Crippen LogP contribution >= 0.6 is 11.8 Å². The summed E-state index contributed by atoms with van der Waals surface area (Å²) in [5.41, 5.74) is 6.54. The van der Waals surface area contributed by atoms with E-state index < -0.39 is 28.0 Å². The number of carbonyl (C=O) groups excluding carboxylic acids is 3. The molecule has 0 aliphatic carbocycles. The van der Waals surface area contributed by atoms with Gasteiger partial charge >= 0.3 is 11.9 Å². The molecule has 2 aliphatic rings. The van der Waals surface area contributed by atoms with Gasteiger partial charge in [-0.25, -0.2) is 9.59 Å². The minimum absolute atomic E-state index is 0.0562. The maximum absolute atomic E-state index is 13.1. The van der Waals surface area contributed by atoms with E-state index in [1.165, 1.54) is 31.4 Å². The van der Waals surface area contributed by atoms with Crippen molar-refractivity contribution in [1.82, 2.24) is 4.90 Å². The van der Waals surface area contributed by atoms with Gasteiger partial charge in [-0.1, -0.05) is 37.2 Å². The van der Waals surface area contributed by atoms with E-state index >= 15 is 0 Å². The summed E-state index contributed by atoms with van der Waals surface area (Å²) in [7, 11) is 1.19. The van der Waals surface area contributed by atoms with E-state index in [0.29, 0.717) is 12.0 Å². The molecule has 2 aliphatic heterocycles. The van der Waals surface area contributed by atoms with Gasteiger partial charge in [0.2, 0.25) is 5.91 Å². The third kappa shape index (κ3) is 4.07. The Morgan fingerprint density at radius 1 is 1.22 bits per heavy atom. The van der Waals surface area contributed by atoms with Gasteiger partial charge in [0.15, 0.2) is 0 Å². The van der Waals surface area contributed by atoms with Crippen LogP contribution in [0.3, 0.4) is 0 Å². The summed E-state index contributed by atoms with van der Waals surface area (Å²) in [6.45, 7) is 3.75. The topological polar surface area (TPSA) is 142 Å². The monoisotopic (exact) mass is 461 g/mol. The van der Waals surface area contributed by atoms with Crippen molar-refractivity contribution in [3.63, 3.8) is 0 Å². The number of nitro benzene ring substituents is 1. The number of carbonyl (C=O) groups is 3. The van der Waals surface area contributed by atoms with Crippen molar-refractivity contribution >= 4 is 35.3 Å². The highest BCUT2D eigenvalue weighted by Crippen LogP contribution is 2.49. The molecule has 3 rings (SSSR count). The summed E-state index contributed by atoms with van der Waals surface area (Å²) in [6, 6.07) is 5.43. The number of benzene rings is 1. The van der Waals surface area contributed by atoms with Gasteiger partial charge < -0.3 is 15.2 Å². The summed E-state index contributed by atoms with van der Waals surface area (Å²) in [4.78, 5) is 50.4. The molecular formula is C21H23N3O7S. The summed E-state index contributed by atoms with van der Waals surface area (Å²) in [5.74, 6) is -3.02. The van der Waals surface area contributed by atoms with E-state index in [1.54, 1.807) is 6.92 Å². The fraction of sp³-hybridized carbons (Fsp3) is 0.381. The van der Waals surface area contributed by atoms with Gasteiger partial charge in [-0.3, -0.25) is 19.8 Å². The number of hydrogen-bond acceptors (Lipinski definition) is 9. The Morgan fingerprint density at radius 2 is 1.88 bits per heavy atom. The first-order valence-corrected chi connectivity index (χ1v) is 10.8. The molecule has 1 amide bonds. The van der Waals surface area contributed by atoms with Gasteiger partial charge in [0.05, 0.1) is 46.0 Å². The van der Waals surface area contributed by atoms with E-state index in [9.17, 15) is 24.5 Å². The number of nitrogens with two attached hydrogens (primary N) is 1. The van der Waals surface area contributed by atoms with Crippen LogP contribution in [0.5, 0.6) is 0 Å². The van der Waals surface area contributed by atoms with Crippen LogP contribution < -0.4 is 5.73 Å². The smallest absolute Gasteiger partial charge is 0.338 e. The van der Waals surface area contributed by atoms with Crippen molar-refractivity contribution in [3.05, 3.63) is 61.9 Å². The van der Waals surface area contributed by atoms with Crippen LogP contribution in [0.15, 0.2) is 46.3 Å². The molecule has 1 saturated heterocycles. The van der Waals surface area contributed by atoms with Crippen molar-refractivity contribution in [2.24, 2.45) is 5.73 Å². The van der Waals surface area contributed by atoms with Crippen LogP contribution in [0.25, 0.3) is 0 Å².